The topological polar surface area (TPSA) is 56.1 Å². The lowest BCUT2D eigenvalue weighted by atomic mass is 10.2. The molecule has 0 aliphatic carbocycles. The van der Waals surface area contributed by atoms with Crippen LogP contribution in [0.25, 0.3) is 5.69 Å². The predicted molar refractivity (Wildman–Crippen MR) is 108 cm³/mol. The van der Waals surface area contributed by atoms with Gasteiger partial charge in [-0.3, -0.25) is 4.79 Å². The number of ether oxygens (including phenoxy) is 1. The Bertz CT molecular complexity index is 949. The molecule has 1 heterocycles. The van der Waals surface area contributed by atoms with Crippen LogP contribution in [0.4, 0.5) is 5.69 Å². The van der Waals surface area contributed by atoms with Gasteiger partial charge in [0, 0.05) is 5.56 Å². The minimum atomic E-state index is -0.194. The molecule has 0 aliphatic heterocycles. The number of para-hydroxylation sites is 2. The van der Waals surface area contributed by atoms with E-state index in [-0.39, 0.29) is 5.91 Å². The zero-order valence-electron chi connectivity index (χ0n) is 15.6. The third-order valence-corrected chi connectivity index (χ3v) is 4.72. The zero-order valence-corrected chi connectivity index (χ0v) is 16.4. The van der Waals surface area contributed by atoms with Crippen LogP contribution in [0.3, 0.4) is 0 Å². The van der Waals surface area contributed by atoms with Gasteiger partial charge in [-0.1, -0.05) is 30.7 Å². The molecule has 27 heavy (non-hydrogen) atoms. The van der Waals surface area contributed by atoms with Crippen LogP contribution < -0.4 is 10.1 Å². The number of anilines is 1. The minimum absolute atomic E-state index is 0.194. The van der Waals surface area contributed by atoms with Crippen molar-refractivity contribution in [2.75, 3.05) is 11.9 Å². The van der Waals surface area contributed by atoms with E-state index in [9.17, 15) is 4.79 Å². The molecule has 0 saturated carbocycles. The van der Waals surface area contributed by atoms with Gasteiger partial charge < -0.3 is 10.1 Å². The largest absolute Gasteiger partial charge is 0.491 e. The first-order valence-corrected chi connectivity index (χ1v) is 9.24. The maximum Gasteiger partial charge on any atom is 0.255 e. The summed E-state index contributed by atoms with van der Waals surface area (Å²) in [7, 11) is 0. The SMILES string of the molecule is CCCOc1ccccc1NC(=O)c1ccc(-n2nc(C)c(Cl)c2C)cc1. The number of hydrogen-bond donors (Lipinski definition) is 1. The highest BCUT2D eigenvalue weighted by atomic mass is 35.5. The zero-order chi connectivity index (χ0) is 19.4. The number of carbonyl (C=O) groups is 1. The van der Waals surface area contributed by atoms with Gasteiger partial charge in [-0.15, -0.1) is 0 Å². The van der Waals surface area contributed by atoms with Crippen LogP contribution in [-0.2, 0) is 0 Å². The van der Waals surface area contributed by atoms with E-state index in [2.05, 4.69) is 10.4 Å². The van der Waals surface area contributed by atoms with Crippen LogP contribution in [0.1, 0.15) is 35.1 Å². The molecule has 0 bridgehead atoms. The van der Waals surface area contributed by atoms with E-state index in [4.69, 9.17) is 16.3 Å². The van der Waals surface area contributed by atoms with Gasteiger partial charge in [0.05, 0.1) is 34.4 Å². The number of amides is 1. The average molecular weight is 384 g/mol. The molecule has 3 aromatic rings. The molecule has 0 aliphatic rings. The van der Waals surface area contributed by atoms with Crippen molar-refractivity contribution in [1.82, 2.24) is 9.78 Å². The number of aryl methyl sites for hydroxylation is 1. The summed E-state index contributed by atoms with van der Waals surface area (Å²) in [5.41, 5.74) is 3.71. The summed E-state index contributed by atoms with van der Waals surface area (Å²) in [4.78, 5) is 12.6. The Morgan fingerprint density at radius 1 is 1.15 bits per heavy atom. The van der Waals surface area contributed by atoms with Gasteiger partial charge in [0.2, 0.25) is 0 Å². The summed E-state index contributed by atoms with van der Waals surface area (Å²) in [5.74, 6) is 0.474. The Balaban J connectivity index is 1.78. The van der Waals surface area contributed by atoms with Crippen LogP contribution in [0, 0.1) is 13.8 Å². The molecule has 0 atom stereocenters. The van der Waals surface area contributed by atoms with Gasteiger partial charge in [-0.05, 0) is 56.7 Å². The fourth-order valence-electron chi connectivity index (χ4n) is 2.73. The lowest BCUT2D eigenvalue weighted by Gasteiger charge is -2.12. The first-order chi connectivity index (χ1) is 13.0. The summed E-state index contributed by atoms with van der Waals surface area (Å²) in [6, 6.07) is 14.7. The summed E-state index contributed by atoms with van der Waals surface area (Å²) < 4.78 is 7.46. The molecule has 1 amide bonds. The molecule has 6 heteroatoms. The normalized spacial score (nSPS) is 10.7. The smallest absolute Gasteiger partial charge is 0.255 e. The molecule has 0 unspecified atom stereocenters. The van der Waals surface area contributed by atoms with Crippen molar-refractivity contribution in [3.8, 4) is 11.4 Å². The Morgan fingerprint density at radius 2 is 1.85 bits per heavy atom. The Labute approximate surface area is 163 Å². The monoisotopic (exact) mass is 383 g/mol. The van der Waals surface area contributed by atoms with Crippen molar-refractivity contribution in [1.29, 1.82) is 0 Å². The van der Waals surface area contributed by atoms with Crippen molar-refractivity contribution >= 4 is 23.2 Å². The van der Waals surface area contributed by atoms with Crippen molar-refractivity contribution < 1.29 is 9.53 Å². The van der Waals surface area contributed by atoms with Gasteiger partial charge in [0.1, 0.15) is 5.75 Å². The van der Waals surface area contributed by atoms with Crippen LogP contribution in [-0.4, -0.2) is 22.3 Å². The van der Waals surface area contributed by atoms with E-state index in [0.717, 1.165) is 23.5 Å². The van der Waals surface area contributed by atoms with E-state index in [1.807, 2.05) is 57.2 Å². The van der Waals surface area contributed by atoms with Gasteiger partial charge in [0.15, 0.2) is 0 Å². The van der Waals surface area contributed by atoms with Crippen molar-refractivity contribution in [3.63, 3.8) is 0 Å². The summed E-state index contributed by atoms with van der Waals surface area (Å²) in [6.45, 7) is 6.42. The summed E-state index contributed by atoms with van der Waals surface area (Å²) in [5, 5.41) is 8.00. The maximum atomic E-state index is 12.6. The first kappa shape index (κ1) is 19.0. The second kappa shape index (κ2) is 8.27. The number of rotatable bonds is 6. The van der Waals surface area contributed by atoms with Gasteiger partial charge in [-0.25, -0.2) is 4.68 Å². The van der Waals surface area contributed by atoms with Gasteiger partial charge >= 0.3 is 0 Å². The van der Waals surface area contributed by atoms with Crippen LogP contribution in [0.15, 0.2) is 48.5 Å². The Hall–Kier alpha value is -2.79. The molecule has 0 saturated heterocycles. The van der Waals surface area contributed by atoms with Crippen LogP contribution >= 0.6 is 11.6 Å². The number of aromatic nitrogens is 2. The Kier molecular flexibility index (Phi) is 5.81. The molecule has 1 aromatic heterocycles. The molecule has 3 rings (SSSR count). The molecule has 2 aromatic carbocycles. The molecule has 0 radical (unpaired) electrons. The lowest BCUT2D eigenvalue weighted by Crippen LogP contribution is -2.13. The highest BCUT2D eigenvalue weighted by molar-refractivity contribution is 6.31. The van der Waals surface area contributed by atoms with Crippen molar-refractivity contribution in [2.45, 2.75) is 27.2 Å². The van der Waals surface area contributed by atoms with E-state index in [1.165, 1.54) is 0 Å². The van der Waals surface area contributed by atoms with E-state index in [0.29, 0.717) is 28.6 Å². The van der Waals surface area contributed by atoms with Crippen molar-refractivity contribution in [3.05, 3.63) is 70.5 Å². The van der Waals surface area contributed by atoms with E-state index in [1.54, 1.807) is 16.8 Å². The third kappa shape index (κ3) is 4.14. The van der Waals surface area contributed by atoms with E-state index < -0.39 is 0 Å². The highest BCUT2D eigenvalue weighted by Gasteiger charge is 2.13. The number of nitrogens with zero attached hydrogens (tertiary/aromatic N) is 2. The molecular weight excluding hydrogens is 362 g/mol. The number of benzene rings is 2. The van der Waals surface area contributed by atoms with Gasteiger partial charge in [0.25, 0.3) is 5.91 Å². The second-order valence-electron chi connectivity index (χ2n) is 6.24. The quantitative estimate of drug-likeness (QED) is 0.637. The first-order valence-electron chi connectivity index (χ1n) is 8.86. The van der Waals surface area contributed by atoms with Gasteiger partial charge in [-0.2, -0.15) is 5.10 Å². The predicted octanol–water partition coefficient (Wildman–Crippen LogP) is 5.18. The third-order valence-electron chi connectivity index (χ3n) is 4.17. The highest BCUT2D eigenvalue weighted by Crippen LogP contribution is 2.25. The number of carbonyl (C=O) groups excluding carboxylic acids is 1. The molecule has 1 N–H and O–H groups in total. The fraction of sp³-hybridized carbons (Fsp3) is 0.238. The number of halogens is 1. The number of hydrogen-bond acceptors (Lipinski definition) is 3. The van der Waals surface area contributed by atoms with Crippen LogP contribution in [0.2, 0.25) is 5.02 Å². The molecule has 140 valence electrons. The Morgan fingerprint density at radius 3 is 2.48 bits per heavy atom. The summed E-state index contributed by atoms with van der Waals surface area (Å²) in [6.07, 6.45) is 0.903. The molecule has 5 nitrogen and oxygen atoms in total. The minimum Gasteiger partial charge on any atom is -0.491 e. The standard InChI is InChI=1S/C21H22ClN3O2/c1-4-13-27-19-8-6-5-7-18(19)23-21(26)16-9-11-17(12-10-16)25-15(3)20(22)14(2)24-25/h5-12H,4,13H2,1-3H3,(H,23,26). The van der Waals surface area contributed by atoms with E-state index >= 15 is 0 Å². The second-order valence-corrected chi connectivity index (χ2v) is 6.62. The fourth-order valence-corrected chi connectivity index (χ4v) is 2.85. The molecule has 0 spiro atoms. The van der Waals surface area contributed by atoms with Crippen LogP contribution in [0.5, 0.6) is 5.75 Å². The summed E-state index contributed by atoms with van der Waals surface area (Å²) >= 11 is 6.21. The number of nitrogens with one attached hydrogen (secondary N) is 1. The molecular formula is C21H22ClN3O2. The average Bonchev–Trinajstić information content (AvgIpc) is 2.95. The maximum absolute atomic E-state index is 12.6. The van der Waals surface area contributed by atoms with Crippen molar-refractivity contribution in [2.24, 2.45) is 0 Å². The lowest BCUT2D eigenvalue weighted by molar-refractivity contribution is 0.102. The molecule has 0 fully saturated rings.